The minimum Gasteiger partial charge on any atom is -0.294 e. The zero-order chi connectivity index (χ0) is 11.7. The van der Waals surface area contributed by atoms with Crippen LogP contribution in [0.1, 0.15) is 30.4 Å². The summed E-state index contributed by atoms with van der Waals surface area (Å²) in [7, 11) is 0. The molecule has 1 aliphatic carbocycles. The molecule has 3 rings (SSSR count). The van der Waals surface area contributed by atoms with Crippen LogP contribution in [0.15, 0.2) is 24.3 Å². The SMILES string of the molecule is N#CC1CCCC1N1CCc2ccccc2C1. The van der Waals surface area contributed by atoms with E-state index in [1.807, 2.05) is 0 Å². The highest BCUT2D eigenvalue weighted by molar-refractivity contribution is 5.29. The molecule has 2 atom stereocenters. The molecular formula is C15H18N2. The lowest BCUT2D eigenvalue weighted by Gasteiger charge is -2.34. The summed E-state index contributed by atoms with van der Waals surface area (Å²) >= 11 is 0. The predicted molar refractivity (Wildman–Crippen MR) is 67.3 cm³/mol. The molecule has 2 aliphatic rings. The summed E-state index contributed by atoms with van der Waals surface area (Å²) in [6, 6.07) is 11.7. The second kappa shape index (κ2) is 4.50. The van der Waals surface area contributed by atoms with Crippen LogP contribution in [0, 0.1) is 17.2 Å². The maximum Gasteiger partial charge on any atom is 0.0672 e. The molecular weight excluding hydrogens is 208 g/mol. The smallest absolute Gasteiger partial charge is 0.0672 e. The number of nitrogens with zero attached hydrogens (tertiary/aromatic N) is 2. The van der Waals surface area contributed by atoms with E-state index < -0.39 is 0 Å². The first kappa shape index (κ1) is 10.8. The van der Waals surface area contributed by atoms with Crippen LogP contribution < -0.4 is 0 Å². The van der Waals surface area contributed by atoms with Gasteiger partial charge in [-0.05, 0) is 30.4 Å². The van der Waals surface area contributed by atoms with Gasteiger partial charge in [-0.1, -0.05) is 30.7 Å². The minimum absolute atomic E-state index is 0.264. The number of hydrogen-bond acceptors (Lipinski definition) is 2. The van der Waals surface area contributed by atoms with Crippen molar-refractivity contribution in [3.05, 3.63) is 35.4 Å². The Morgan fingerprint density at radius 2 is 2.00 bits per heavy atom. The molecule has 1 saturated carbocycles. The molecule has 0 bridgehead atoms. The Labute approximate surface area is 103 Å². The quantitative estimate of drug-likeness (QED) is 0.736. The normalized spacial score (nSPS) is 28.6. The molecule has 17 heavy (non-hydrogen) atoms. The highest BCUT2D eigenvalue weighted by Crippen LogP contribution is 2.32. The fraction of sp³-hybridized carbons (Fsp3) is 0.533. The van der Waals surface area contributed by atoms with Crippen LogP contribution in [0.3, 0.4) is 0 Å². The van der Waals surface area contributed by atoms with Crippen LogP contribution in [0.2, 0.25) is 0 Å². The van der Waals surface area contributed by atoms with Gasteiger partial charge in [-0.25, -0.2) is 0 Å². The Morgan fingerprint density at radius 3 is 2.82 bits per heavy atom. The van der Waals surface area contributed by atoms with Crippen molar-refractivity contribution in [1.82, 2.24) is 4.90 Å². The number of nitriles is 1. The van der Waals surface area contributed by atoms with E-state index >= 15 is 0 Å². The lowest BCUT2D eigenvalue weighted by molar-refractivity contribution is 0.161. The van der Waals surface area contributed by atoms with Gasteiger partial charge in [0, 0.05) is 19.1 Å². The van der Waals surface area contributed by atoms with Crippen LogP contribution >= 0.6 is 0 Å². The molecule has 0 radical (unpaired) electrons. The van der Waals surface area contributed by atoms with Crippen LogP contribution in [0.5, 0.6) is 0 Å². The molecule has 2 heteroatoms. The molecule has 0 spiro atoms. The molecule has 1 fully saturated rings. The molecule has 1 aromatic rings. The van der Waals surface area contributed by atoms with E-state index in [0.29, 0.717) is 6.04 Å². The molecule has 0 amide bonds. The summed E-state index contributed by atoms with van der Waals surface area (Å²) in [6.07, 6.45) is 4.67. The highest BCUT2D eigenvalue weighted by Gasteiger charge is 2.33. The van der Waals surface area contributed by atoms with Gasteiger partial charge in [-0.15, -0.1) is 0 Å². The summed E-state index contributed by atoms with van der Waals surface area (Å²) < 4.78 is 0. The summed E-state index contributed by atoms with van der Waals surface area (Å²) in [4.78, 5) is 2.53. The van der Waals surface area contributed by atoms with Crippen LogP contribution in [-0.2, 0) is 13.0 Å². The van der Waals surface area contributed by atoms with E-state index in [0.717, 1.165) is 25.9 Å². The van der Waals surface area contributed by atoms with Gasteiger partial charge in [0.25, 0.3) is 0 Å². The second-order valence-electron chi connectivity index (χ2n) is 5.22. The second-order valence-corrected chi connectivity index (χ2v) is 5.22. The van der Waals surface area contributed by atoms with Crippen molar-refractivity contribution in [1.29, 1.82) is 5.26 Å². The topological polar surface area (TPSA) is 27.0 Å². The van der Waals surface area contributed by atoms with Crippen molar-refractivity contribution in [3.63, 3.8) is 0 Å². The first-order valence-corrected chi connectivity index (χ1v) is 6.59. The Kier molecular flexibility index (Phi) is 2.86. The Bertz CT molecular complexity index is 446. The monoisotopic (exact) mass is 226 g/mol. The number of benzene rings is 1. The zero-order valence-electron chi connectivity index (χ0n) is 10.1. The zero-order valence-corrected chi connectivity index (χ0v) is 10.1. The van der Waals surface area contributed by atoms with E-state index in [1.54, 1.807) is 0 Å². The first-order valence-electron chi connectivity index (χ1n) is 6.59. The fourth-order valence-electron chi connectivity index (χ4n) is 3.33. The number of fused-ring (bicyclic) bond motifs is 1. The molecule has 0 aromatic heterocycles. The van der Waals surface area contributed by atoms with Crippen molar-refractivity contribution in [2.75, 3.05) is 6.54 Å². The van der Waals surface area contributed by atoms with Crippen LogP contribution in [-0.4, -0.2) is 17.5 Å². The molecule has 1 aromatic carbocycles. The van der Waals surface area contributed by atoms with Gasteiger partial charge < -0.3 is 0 Å². The standard InChI is InChI=1S/C15H18N2/c16-10-13-6-3-7-15(13)17-9-8-12-4-1-2-5-14(12)11-17/h1-2,4-5,13,15H,3,6-9,11H2. The van der Waals surface area contributed by atoms with Gasteiger partial charge in [0.2, 0.25) is 0 Å². The Balaban J connectivity index is 1.78. The van der Waals surface area contributed by atoms with Crippen LogP contribution in [0.25, 0.3) is 0 Å². The lowest BCUT2D eigenvalue weighted by Crippen LogP contribution is -2.40. The van der Waals surface area contributed by atoms with E-state index in [9.17, 15) is 5.26 Å². The van der Waals surface area contributed by atoms with Gasteiger partial charge in [-0.2, -0.15) is 5.26 Å². The molecule has 1 heterocycles. The van der Waals surface area contributed by atoms with E-state index in [2.05, 4.69) is 35.2 Å². The van der Waals surface area contributed by atoms with Crippen molar-refractivity contribution < 1.29 is 0 Å². The van der Waals surface area contributed by atoms with Crippen molar-refractivity contribution in [2.45, 2.75) is 38.3 Å². The van der Waals surface area contributed by atoms with Gasteiger partial charge in [0.15, 0.2) is 0 Å². The summed E-state index contributed by atoms with van der Waals surface area (Å²) in [5.41, 5.74) is 2.96. The van der Waals surface area contributed by atoms with Gasteiger partial charge in [0.1, 0.15) is 0 Å². The van der Waals surface area contributed by atoms with Crippen molar-refractivity contribution in [2.24, 2.45) is 5.92 Å². The molecule has 0 N–H and O–H groups in total. The van der Waals surface area contributed by atoms with E-state index in [1.165, 1.54) is 24.0 Å². The van der Waals surface area contributed by atoms with Gasteiger partial charge in [0.05, 0.1) is 12.0 Å². The van der Waals surface area contributed by atoms with Crippen molar-refractivity contribution >= 4 is 0 Å². The minimum atomic E-state index is 0.264. The Hall–Kier alpha value is -1.33. The maximum absolute atomic E-state index is 9.19. The van der Waals surface area contributed by atoms with E-state index in [-0.39, 0.29) is 5.92 Å². The van der Waals surface area contributed by atoms with Crippen molar-refractivity contribution in [3.8, 4) is 6.07 Å². The average molecular weight is 226 g/mol. The third-order valence-corrected chi connectivity index (χ3v) is 4.27. The summed E-state index contributed by atoms with van der Waals surface area (Å²) in [5, 5.41) is 9.19. The summed E-state index contributed by atoms with van der Waals surface area (Å²) in [5.74, 6) is 0.264. The van der Waals surface area contributed by atoms with E-state index in [4.69, 9.17) is 0 Å². The number of hydrogen-bond donors (Lipinski definition) is 0. The molecule has 0 saturated heterocycles. The van der Waals surface area contributed by atoms with Gasteiger partial charge >= 0.3 is 0 Å². The molecule has 88 valence electrons. The third-order valence-electron chi connectivity index (χ3n) is 4.27. The van der Waals surface area contributed by atoms with Crippen LogP contribution in [0.4, 0.5) is 0 Å². The number of rotatable bonds is 1. The fourth-order valence-corrected chi connectivity index (χ4v) is 3.33. The molecule has 2 nitrogen and oxygen atoms in total. The molecule has 1 aliphatic heterocycles. The van der Waals surface area contributed by atoms with Gasteiger partial charge in [-0.3, -0.25) is 4.90 Å². The first-order chi connectivity index (χ1) is 8.38. The predicted octanol–water partition coefficient (Wildman–Crippen LogP) is 2.74. The largest absolute Gasteiger partial charge is 0.294 e. The lowest BCUT2D eigenvalue weighted by atomic mass is 9.96. The highest BCUT2D eigenvalue weighted by atomic mass is 15.2. The maximum atomic E-state index is 9.19. The average Bonchev–Trinajstić information content (AvgIpc) is 2.86. The molecule has 2 unspecified atom stereocenters. The third kappa shape index (κ3) is 1.96. The summed E-state index contributed by atoms with van der Waals surface area (Å²) in [6.45, 7) is 2.17. The Morgan fingerprint density at radius 1 is 1.18 bits per heavy atom.